The minimum atomic E-state index is 0.548. The van der Waals surface area contributed by atoms with Crippen molar-refractivity contribution in [2.24, 2.45) is 0 Å². The van der Waals surface area contributed by atoms with Crippen LogP contribution in [0.5, 0.6) is 23.0 Å². The van der Waals surface area contributed by atoms with Crippen molar-refractivity contribution in [3.63, 3.8) is 0 Å². The molecule has 0 aliphatic carbocycles. The Labute approximate surface area is 298 Å². The molecule has 51 heavy (non-hydrogen) atoms. The Hall–Kier alpha value is -6.63. The van der Waals surface area contributed by atoms with E-state index in [4.69, 9.17) is 24.4 Å². The van der Waals surface area contributed by atoms with Gasteiger partial charge in [-0.3, -0.25) is 0 Å². The first-order valence-corrected chi connectivity index (χ1v) is 17.6. The fourth-order valence-electron chi connectivity index (χ4n) is 6.59. The molecule has 240 valence electrons. The zero-order valence-corrected chi connectivity index (χ0v) is 28.0. The summed E-state index contributed by atoms with van der Waals surface area (Å²) in [6.45, 7) is 0. The molecule has 0 bridgehead atoms. The summed E-state index contributed by atoms with van der Waals surface area (Å²) < 4.78 is 15.3. The molecule has 7 aromatic carbocycles. The molecule has 3 heterocycles. The van der Waals surface area contributed by atoms with Crippen LogP contribution in [0.15, 0.2) is 164 Å². The van der Waals surface area contributed by atoms with Crippen LogP contribution >= 0.6 is 11.3 Å². The van der Waals surface area contributed by atoms with Crippen LogP contribution in [0, 0.1) is 0 Å². The van der Waals surface area contributed by atoms with Gasteiger partial charge in [0.1, 0.15) is 0 Å². The van der Waals surface area contributed by atoms with Crippen LogP contribution in [0.4, 0.5) is 0 Å². The van der Waals surface area contributed by atoms with Crippen LogP contribution in [-0.2, 0) is 0 Å². The summed E-state index contributed by atoms with van der Waals surface area (Å²) in [4.78, 5) is 15.0. The molecule has 1 aliphatic heterocycles. The smallest absolute Gasteiger partial charge is 0.171 e. The zero-order chi connectivity index (χ0) is 33.7. The normalized spacial score (nSPS) is 11.8. The molecule has 0 atom stereocenters. The van der Waals surface area contributed by atoms with Crippen LogP contribution < -0.4 is 9.47 Å². The van der Waals surface area contributed by atoms with Gasteiger partial charge in [-0.05, 0) is 52.6 Å². The standard InChI is InChI=1S/C45H27N3O2S/c1-3-9-28(10-4-1)30-15-19-32(20-16-30)43-46-44(33-21-17-31(18-22-33)29-11-5-2-6-12-29)48-45(47-43)34-23-24-37-38(25-34)50-40-27-42-36(26-39(40)49-37)35-13-7-8-14-41(35)51-42/h1-27H. The lowest BCUT2D eigenvalue weighted by Crippen LogP contribution is -2.02. The number of aromatic nitrogens is 3. The van der Waals surface area contributed by atoms with E-state index in [1.165, 1.54) is 10.1 Å². The number of hydrogen-bond acceptors (Lipinski definition) is 6. The summed E-state index contributed by atoms with van der Waals surface area (Å²) in [6.07, 6.45) is 0. The van der Waals surface area contributed by atoms with E-state index in [-0.39, 0.29) is 0 Å². The van der Waals surface area contributed by atoms with Crippen LogP contribution in [0.2, 0.25) is 0 Å². The van der Waals surface area contributed by atoms with Gasteiger partial charge < -0.3 is 9.47 Å². The first-order chi connectivity index (χ1) is 25.2. The van der Waals surface area contributed by atoms with Gasteiger partial charge in [0.15, 0.2) is 40.5 Å². The van der Waals surface area contributed by atoms with Crippen molar-refractivity contribution >= 4 is 31.5 Å². The van der Waals surface area contributed by atoms with E-state index < -0.39 is 0 Å². The van der Waals surface area contributed by atoms with E-state index >= 15 is 0 Å². The maximum atomic E-state index is 6.49. The molecule has 0 fully saturated rings. The Morgan fingerprint density at radius 1 is 0.314 bits per heavy atom. The van der Waals surface area contributed by atoms with Gasteiger partial charge in [-0.25, -0.2) is 15.0 Å². The van der Waals surface area contributed by atoms with Crippen LogP contribution in [0.25, 0.3) is 76.6 Å². The van der Waals surface area contributed by atoms with Gasteiger partial charge in [0.2, 0.25) is 0 Å². The molecule has 5 nitrogen and oxygen atoms in total. The lowest BCUT2D eigenvalue weighted by atomic mass is 10.0. The number of thiophene rings is 1. The molecule has 0 spiro atoms. The van der Waals surface area contributed by atoms with E-state index in [2.05, 4.69) is 109 Å². The van der Waals surface area contributed by atoms with E-state index in [9.17, 15) is 0 Å². The second kappa shape index (κ2) is 12.1. The van der Waals surface area contributed by atoms with Crippen molar-refractivity contribution < 1.29 is 9.47 Å². The van der Waals surface area contributed by atoms with Gasteiger partial charge in [-0.2, -0.15) is 0 Å². The Balaban J connectivity index is 1.04. The monoisotopic (exact) mass is 673 g/mol. The summed E-state index contributed by atoms with van der Waals surface area (Å²) in [7, 11) is 0. The highest BCUT2D eigenvalue weighted by Crippen LogP contribution is 2.50. The summed E-state index contributed by atoms with van der Waals surface area (Å²) in [6, 6.07) is 55.8. The number of rotatable bonds is 5. The molecule has 0 unspecified atom stereocenters. The predicted octanol–water partition coefficient (Wildman–Crippen LogP) is 12.5. The van der Waals surface area contributed by atoms with Crippen molar-refractivity contribution in [2.45, 2.75) is 0 Å². The first-order valence-electron chi connectivity index (χ1n) is 16.8. The Kier molecular flexibility index (Phi) is 6.93. The SMILES string of the molecule is c1ccc(-c2ccc(-c3nc(-c4ccc(-c5ccccc5)cc4)nc(-c4ccc5c(c4)Oc4cc6sc7ccccc7c6cc4O5)n3)cc2)cc1. The largest absolute Gasteiger partial charge is 0.449 e. The second-order valence-electron chi connectivity index (χ2n) is 12.5. The molecule has 0 saturated carbocycles. The molecule has 0 saturated heterocycles. The highest BCUT2D eigenvalue weighted by molar-refractivity contribution is 7.25. The number of ether oxygens (including phenoxy) is 2. The Bertz CT molecular complexity index is 2620. The third-order valence-electron chi connectivity index (χ3n) is 9.22. The fraction of sp³-hybridized carbons (Fsp3) is 0. The predicted molar refractivity (Wildman–Crippen MR) is 206 cm³/mol. The van der Waals surface area contributed by atoms with Gasteiger partial charge in [-0.15, -0.1) is 11.3 Å². The molecule has 9 aromatic rings. The third kappa shape index (κ3) is 5.39. The third-order valence-corrected chi connectivity index (χ3v) is 10.4. The highest BCUT2D eigenvalue weighted by Gasteiger charge is 2.23. The van der Waals surface area contributed by atoms with Crippen LogP contribution in [0.1, 0.15) is 0 Å². The van der Waals surface area contributed by atoms with Gasteiger partial charge in [0, 0.05) is 42.9 Å². The molecule has 0 radical (unpaired) electrons. The second-order valence-corrected chi connectivity index (χ2v) is 13.5. The lowest BCUT2D eigenvalue weighted by Gasteiger charge is -2.21. The molecular weight excluding hydrogens is 647 g/mol. The minimum absolute atomic E-state index is 0.548. The topological polar surface area (TPSA) is 57.1 Å². The molecule has 6 heteroatoms. The van der Waals surface area contributed by atoms with E-state index in [1.807, 2.05) is 54.6 Å². The van der Waals surface area contributed by atoms with E-state index in [0.29, 0.717) is 40.5 Å². The average Bonchev–Trinajstić information content (AvgIpc) is 3.57. The number of benzene rings is 7. The first kappa shape index (κ1) is 29.3. The van der Waals surface area contributed by atoms with E-state index in [1.54, 1.807) is 11.3 Å². The Morgan fingerprint density at radius 2 is 0.765 bits per heavy atom. The number of nitrogens with zero attached hydrogens (tertiary/aromatic N) is 3. The zero-order valence-electron chi connectivity index (χ0n) is 27.2. The maximum absolute atomic E-state index is 6.49. The number of fused-ring (bicyclic) bond motifs is 5. The average molecular weight is 674 g/mol. The minimum Gasteiger partial charge on any atom is -0.449 e. The lowest BCUT2D eigenvalue weighted by molar-refractivity contribution is 0.360. The van der Waals surface area contributed by atoms with E-state index in [0.717, 1.165) is 49.0 Å². The molecule has 0 N–H and O–H groups in total. The van der Waals surface area contributed by atoms with Crippen molar-refractivity contribution in [3.8, 4) is 79.4 Å². The van der Waals surface area contributed by atoms with Crippen molar-refractivity contribution in [3.05, 3.63) is 164 Å². The molecule has 1 aliphatic rings. The summed E-state index contributed by atoms with van der Waals surface area (Å²) in [5, 5.41) is 2.38. The van der Waals surface area contributed by atoms with Gasteiger partial charge in [0.05, 0.1) is 0 Å². The van der Waals surface area contributed by atoms with Gasteiger partial charge in [0.25, 0.3) is 0 Å². The Morgan fingerprint density at radius 3 is 1.39 bits per heavy atom. The maximum Gasteiger partial charge on any atom is 0.171 e. The van der Waals surface area contributed by atoms with Gasteiger partial charge in [-0.1, -0.05) is 127 Å². The summed E-state index contributed by atoms with van der Waals surface area (Å²) in [5.41, 5.74) is 7.18. The molecular formula is C45H27N3O2S. The molecule has 2 aromatic heterocycles. The van der Waals surface area contributed by atoms with Crippen LogP contribution in [-0.4, -0.2) is 15.0 Å². The molecule has 10 rings (SSSR count). The quantitative estimate of drug-likeness (QED) is 0.182. The summed E-state index contributed by atoms with van der Waals surface area (Å²) >= 11 is 1.75. The van der Waals surface area contributed by atoms with Crippen molar-refractivity contribution in [1.29, 1.82) is 0 Å². The molecule has 0 amide bonds. The van der Waals surface area contributed by atoms with Crippen LogP contribution in [0.3, 0.4) is 0 Å². The number of hydrogen-bond donors (Lipinski definition) is 0. The van der Waals surface area contributed by atoms with Gasteiger partial charge >= 0.3 is 0 Å². The van der Waals surface area contributed by atoms with Crippen molar-refractivity contribution in [2.75, 3.05) is 0 Å². The summed E-state index contributed by atoms with van der Waals surface area (Å²) in [5.74, 6) is 4.38. The van der Waals surface area contributed by atoms with Crippen molar-refractivity contribution in [1.82, 2.24) is 15.0 Å². The highest BCUT2D eigenvalue weighted by atomic mass is 32.1. The fourth-order valence-corrected chi connectivity index (χ4v) is 7.70.